The molecule has 0 N–H and O–H groups in total. The van der Waals surface area contributed by atoms with Gasteiger partial charge in [0.05, 0.1) is 79.3 Å². The van der Waals surface area contributed by atoms with E-state index in [0.717, 1.165) is 0 Å². The van der Waals surface area contributed by atoms with E-state index in [2.05, 4.69) is 10.8 Å². The van der Waals surface area contributed by atoms with E-state index in [0.29, 0.717) is 79.3 Å². The fourth-order valence-electron chi connectivity index (χ4n) is 1.96. The summed E-state index contributed by atoms with van der Waals surface area (Å²) < 4.78 is 33.0. The zero-order valence-electron chi connectivity index (χ0n) is 13.5. The quantitative estimate of drug-likeness (QED) is 0.715. The summed E-state index contributed by atoms with van der Waals surface area (Å²) in [7, 11) is 0. The molecule has 0 fully saturated rings. The lowest BCUT2D eigenvalue weighted by molar-refractivity contribution is -0.0201. The topological polar surface area (TPSA) is 55.4 Å². The van der Waals surface area contributed by atoms with Crippen LogP contribution in [0.4, 0.5) is 0 Å². The number of rotatable bonds is 0. The Bertz CT molecular complexity index is 363. The first-order valence-corrected chi connectivity index (χ1v) is 8.91. The summed E-state index contributed by atoms with van der Waals surface area (Å²) in [6, 6.07) is 0. The normalized spacial score (nSPS) is 21.4. The highest BCUT2D eigenvalue weighted by molar-refractivity contribution is 7.08. The standard InChI is InChI=1S/C16H26O6S/c1-2-18-4-6-20-8-10-22-12-16-14-23-13-15(16)11-21-9-7-19-5-3-17-1/h13-14H,1-12H2. The smallest absolute Gasteiger partial charge is 0.0729 e. The van der Waals surface area contributed by atoms with Crippen LogP contribution in [0.15, 0.2) is 10.8 Å². The van der Waals surface area contributed by atoms with Gasteiger partial charge in [-0.3, -0.25) is 0 Å². The van der Waals surface area contributed by atoms with Crippen molar-refractivity contribution < 1.29 is 28.4 Å². The first kappa shape index (κ1) is 18.8. The molecule has 6 nitrogen and oxygen atoms in total. The largest absolute Gasteiger partial charge is 0.377 e. The molecule has 132 valence electrons. The van der Waals surface area contributed by atoms with E-state index < -0.39 is 0 Å². The zero-order valence-corrected chi connectivity index (χ0v) is 14.3. The predicted molar refractivity (Wildman–Crippen MR) is 86.9 cm³/mol. The van der Waals surface area contributed by atoms with Gasteiger partial charge in [-0.1, -0.05) is 0 Å². The molecule has 7 heteroatoms. The summed E-state index contributed by atoms with van der Waals surface area (Å²) in [6.07, 6.45) is 0. The minimum atomic E-state index is 0.573. The third kappa shape index (κ3) is 8.76. The Morgan fingerprint density at radius 2 is 0.783 bits per heavy atom. The van der Waals surface area contributed by atoms with Crippen molar-refractivity contribution in [1.82, 2.24) is 0 Å². The van der Waals surface area contributed by atoms with Gasteiger partial charge < -0.3 is 28.4 Å². The summed E-state index contributed by atoms with van der Waals surface area (Å²) in [4.78, 5) is 0. The molecule has 2 rings (SSSR count). The van der Waals surface area contributed by atoms with Crippen molar-refractivity contribution in [2.24, 2.45) is 0 Å². The van der Waals surface area contributed by atoms with Gasteiger partial charge in [0.1, 0.15) is 0 Å². The van der Waals surface area contributed by atoms with Crippen LogP contribution in [0.25, 0.3) is 0 Å². The van der Waals surface area contributed by atoms with Gasteiger partial charge in [-0.25, -0.2) is 0 Å². The van der Waals surface area contributed by atoms with E-state index in [1.54, 1.807) is 11.3 Å². The average molecular weight is 346 g/mol. The molecule has 0 atom stereocenters. The van der Waals surface area contributed by atoms with Gasteiger partial charge in [0.2, 0.25) is 0 Å². The third-order valence-corrected chi connectivity index (χ3v) is 4.05. The Kier molecular flexibility index (Phi) is 10.5. The van der Waals surface area contributed by atoms with Gasteiger partial charge in [0.25, 0.3) is 0 Å². The summed E-state index contributed by atoms with van der Waals surface area (Å²) in [5, 5.41) is 4.21. The van der Waals surface area contributed by atoms with E-state index in [1.807, 2.05) is 0 Å². The van der Waals surface area contributed by atoms with Crippen LogP contribution in [-0.2, 0) is 41.6 Å². The monoisotopic (exact) mass is 346 g/mol. The lowest BCUT2D eigenvalue weighted by Gasteiger charge is -2.10. The highest BCUT2D eigenvalue weighted by Crippen LogP contribution is 2.17. The maximum Gasteiger partial charge on any atom is 0.0729 e. The number of ether oxygens (including phenoxy) is 6. The van der Waals surface area contributed by atoms with Crippen LogP contribution < -0.4 is 0 Å². The van der Waals surface area contributed by atoms with E-state index in [1.165, 1.54) is 11.1 Å². The zero-order chi connectivity index (χ0) is 16.0. The molecule has 0 radical (unpaired) electrons. The fraction of sp³-hybridized carbons (Fsp3) is 0.750. The highest BCUT2D eigenvalue weighted by atomic mass is 32.1. The van der Waals surface area contributed by atoms with Crippen molar-refractivity contribution in [3.63, 3.8) is 0 Å². The Morgan fingerprint density at radius 3 is 1.13 bits per heavy atom. The Morgan fingerprint density at radius 1 is 0.478 bits per heavy atom. The van der Waals surface area contributed by atoms with Crippen molar-refractivity contribution in [1.29, 1.82) is 0 Å². The van der Waals surface area contributed by atoms with E-state index in [9.17, 15) is 0 Å². The molecule has 2 heterocycles. The molecule has 0 spiro atoms. The molecular formula is C16H26O6S. The summed E-state index contributed by atoms with van der Waals surface area (Å²) in [6.45, 7) is 6.94. The maximum absolute atomic E-state index is 5.64. The lowest BCUT2D eigenvalue weighted by atomic mass is 10.2. The molecule has 1 aromatic heterocycles. The van der Waals surface area contributed by atoms with Crippen LogP contribution >= 0.6 is 11.3 Å². The van der Waals surface area contributed by atoms with Crippen LogP contribution in [0.3, 0.4) is 0 Å². The number of hydrogen-bond donors (Lipinski definition) is 0. The molecule has 1 aliphatic heterocycles. The summed E-state index contributed by atoms with van der Waals surface area (Å²) >= 11 is 1.67. The first-order valence-electron chi connectivity index (χ1n) is 7.97. The number of fused-ring (bicyclic) bond motifs is 1. The molecule has 0 bridgehead atoms. The van der Waals surface area contributed by atoms with Crippen LogP contribution in [0, 0.1) is 0 Å². The minimum absolute atomic E-state index is 0.573. The average Bonchev–Trinajstić information content (AvgIpc) is 3.00. The Balaban J connectivity index is 1.69. The van der Waals surface area contributed by atoms with Crippen molar-refractivity contribution >= 4 is 11.3 Å². The maximum atomic E-state index is 5.64. The number of hydrogen-bond acceptors (Lipinski definition) is 7. The molecule has 23 heavy (non-hydrogen) atoms. The van der Waals surface area contributed by atoms with Crippen LogP contribution in [0.1, 0.15) is 11.1 Å². The first-order chi connectivity index (χ1) is 11.5. The Hall–Kier alpha value is -0.540. The van der Waals surface area contributed by atoms with Gasteiger partial charge in [0, 0.05) is 0 Å². The van der Waals surface area contributed by atoms with Gasteiger partial charge in [0.15, 0.2) is 0 Å². The lowest BCUT2D eigenvalue weighted by Crippen LogP contribution is -2.14. The van der Waals surface area contributed by atoms with Crippen LogP contribution in [-0.4, -0.2) is 66.1 Å². The molecule has 1 aromatic rings. The molecule has 0 aromatic carbocycles. The highest BCUT2D eigenvalue weighted by Gasteiger charge is 2.05. The molecule has 0 saturated carbocycles. The fourth-order valence-corrected chi connectivity index (χ4v) is 2.80. The summed E-state index contributed by atoms with van der Waals surface area (Å²) in [5.74, 6) is 0. The molecule has 0 amide bonds. The van der Waals surface area contributed by atoms with Crippen molar-refractivity contribution in [3.8, 4) is 0 Å². The minimum Gasteiger partial charge on any atom is -0.377 e. The van der Waals surface area contributed by atoms with Gasteiger partial charge in [-0.2, -0.15) is 11.3 Å². The second kappa shape index (κ2) is 12.8. The van der Waals surface area contributed by atoms with E-state index >= 15 is 0 Å². The molecule has 1 aliphatic rings. The molecule has 0 saturated heterocycles. The number of thiophene rings is 1. The van der Waals surface area contributed by atoms with Crippen LogP contribution in [0.5, 0.6) is 0 Å². The third-order valence-electron chi connectivity index (χ3n) is 3.21. The second-order valence-electron chi connectivity index (χ2n) is 4.98. The predicted octanol–water partition coefficient (Wildman–Crippen LogP) is 1.86. The van der Waals surface area contributed by atoms with E-state index in [4.69, 9.17) is 28.4 Å². The molecule has 0 unspecified atom stereocenters. The van der Waals surface area contributed by atoms with Crippen molar-refractivity contribution in [2.75, 3.05) is 66.1 Å². The SMILES string of the molecule is c1scc2c1COCCOCCOCCOCCOCCOC2. The van der Waals surface area contributed by atoms with Crippen LogP contribution in [0.2, 0.25) is 0 Å². The molecular weight excluding hydrogens is 320 g/mol. The Labute approximate surface area is 141 Å². The summed E-state index contributed by atoms with van der Waals surface area (Å²) in [5.41, 5.74) is 2.36. The van der Waals surface area contributed by atoms with Crippen molar-refractivity contribution in [2.45, 2.75) is 13.2 Å². The van der Waals surface area contributed by atoms with Gasteiger partial charge in [-0.05, 0) is 21.9 Å². The molecule has 0 aliphatic carbocycles. The second-order valence-corrected chi connectivity index (χ2v) is 5.72. The van der Waals surface area contributed by atoms with E-state index in [-0.39, 0.29) is 0 Å². The van der Waals surface area contributed by atoms with Gasteiger partial charge >= 0.3 is 0 Å². The van der Waals surface area contributed by atoms with Crippen molar-refractivity contribution in [3.05, 3.63) is 21.9 Å². The van der Waals surface area contributed by atoms with Gasteiger partial charge in [-0.15, -0.1) is 0 Å².